The number of nitro groups is 2. The number of anilines is 4. The highest BCUT2D eigenvalue weighted by Gasteiger charge is 2.22. The van der Waals surface area contributed by atoms with Gasteiger partial charge in [-0.25, -0.2) is 0 Å². The molecule has 0 aromatic heterocycles. The molecule has 0 aliphatic carbocycles. The standard InChI is InChI=1S/C33H50N10O4.2ClH.11I2.HI.H2O/c1-27-31(13-12-30(35-3)33(27)43(46)47)37(5)15-9-19-41-23-21-39(26-41)17-7-6-16-38-20-22-40(25-38)18-8-14-36(4)28-10-11-29(34-2)32(24-28)42(44)45;;;11*1-2;;/h10-13,20-24,34-35H,6-9,14-19,25-26H2,1-5H3;2*1H;;;;;;;;;;;;1H;1H2/p-2. The van der Waals surface area contributed by atoms with E-state index in [-0.39, 0.29) is 75.5 Å². The third-order valence-electron chi connectivity index (χ3n) is 8.88. The molecule has 0 fully saturated rings. The first-order valence-electron chi connectivity index (χ1n) is 17.9. The Hall–Kier alpha value is 12.5. The fraction of sp³-hybridized carbons (Fsp3) is 0.515. The SMILES string of the molecule is CNc1ccc(N(C)CCCN2C=CN(CCCCN3C=CN(CCCN(C)c4ccc(NC)c([N+](=O)[O-])c4C)C3)C2)cc1[N+](=O)[O-].I.II.II.II.II.II.II.II.II.II.II.II.O.[Cl-].[Cl-]. The molecule has 2 aliphatic rings. The van der Waals surface area contributed by atoms with Crippen LogP contribution in [0.4, 0.5) is 34.1 Å². The van der Waals surface area contributed by atoms with Gasteiger partial charge in [-0.2, -0.15) is 0 Å². The lowest BCUT2D eigenvalue weighted by Crippen LogP contribution is -3.00. The summed E-state index contributed by atoms with van der Waals surface area (Å²) in [6, 6.07) is 9.03. The van der Waals surface area contributed by atoms with Crippen molar-refractivity contribution in [2.24, 2.45) is 0 Å². The van der Waals surface area contributed by atoms with Crippen LogP contribution in [-0.4, -0.2) is 116 Å². The molecule has 0 amide bonds. The molecule has 73 heavy (non-hydrogen) atoms. The van der Waals surface area contributed by atoms with Gasteiger partial charge in [-0.05, 0) is 56.9 Å². The summed E-state index contributed by atoms with van der Waals surface area (Å²) in [7, 11) is 7.36. The van der Waals surface area contributed by atoms with Crippen LogP contribution in [0.2, 0.25) is 0 Å². The third kappa shape index (κ3) is 58.0. The molecule has 0 unspecified atom stereocenters. The molecule has 0 saturated heterocycles. The number of unbranched alkanes of at least 4 members (excludes halogenated alkanes) is 1. The van der Waals surface area contributed by atoms with Crippen molar-refractivity contribution in [3.63, 3.8) is 0 Å². The van der Waals surface area contributed by atoms with Crippen molar-refractivity contribution in [1.82, 2.24) is 19.6 Å². The average molecular weight is 3660 g/mol. The van der Waals surface area contributed by atoms with E-state index in [2.05, 4.69) is 474 Å². The van der Waals surface area contributed by atoms with Gasteiger partial charge in [0, 0.05) is 519 Å². The monoisotopic (exact) mass is 3660 g/mol. The summed E-state index contributed by atoms with van der Waals surface area (Å²) in [6.45, 7) is 9.13. The minimum absolute atomic E-state index is 0. The molecule has 4 rings (SSSR count). The molecular weight excluding hydrogens is 3610 g/mol. The first-order valence-corrected chi connectivity index (χ1v) is 87.0. The maximum absolute atomic E-state index is 11.6. The molecule has 15 nitrogen and oxygen atoms in total. The maximum atomic E-state index is 11.6. The normalized spacial score (nSPS) is 9.85. The van der Waals surface area contributed by atoms with E-state index in [1.54, 1.807) is 32.3 Å². The van der Waals surface area contributed by atoms with Crippen molar-refractivity contribution in [2.75, 3.05) is 101 Å². The Bertz CT molecular complexity index is 1520. The second-order valence-electron chi connectivity index (χ2n) is 12.2. The molecule has 0 saturated carbocycles. The Morgan fingerprint density at radius 1 is 0.521 bits per heavy atom. The molecule has 2 aliphatic heterocycles. The number of nitro benzene ring substituents is 2. The Balaban J connectivity index is -0.000000127. The number of benzene rings is 2. The minimum Gasteiger partial charge on any atom is -1.00 e. The van der Waals surface area contributed by atoms with Crippen molar-refractivity contribution in [3.8, 4) is 0 Å². The summed E-state index contributed by atoms with van der Waals surface area (Å²) >= 11 is 46.6. The number of nitrogens with zero attached hydrogens (tertiary/aromatic N) is 8. The minimum atomic E-state index is -0.349. The molecule has 40 heteroatoms. The predicted octanol–water partition coefficient (Wildman–Crippen LogP) is 18.4. The fourth-order valence-electron chi connectivity index (χ4n) is 6.17. The molecule has 4 N–H and O–H groups in total. The second-order valence-corrected chi connectivity index (χ2v) is 12.2. The summed E-state index contributed by atoms with van der Waals surface area (Å²) in [4.78, 5) is 35.9. The van der Waals surface area contributed by atoms with Gasteiger partial charge in [0.15, 0.2) is 0 Å². The third-order valence-corrected chi connectivity index (χ3v) is 8.88. The van der Waals surface area contributed by atoms with Gasteiger partial charge in [-0.1, -0.05) is 0 Å². The summed E-state index contributed by atoms with van der Waals surface area (Å²) in [5.74, 6) is 0. The smallest absolute Gasteiger partial charge is 0.297 e. The summed E-state index contributed by atoms with van der Waals surface area (Å²) in [6.07, 6.45) is 12.8. The van der Waals surface area contributed by atoms with Crippen LogP contribution in [0.5, 0.6) is 0 Å². The Kier molecular flexibility index (Phi) is 141. The van der Waals surface area contributed by atoms with Crippen LogP contribution in [0.25, 0.3) is 0 Å². The summed E-state index contributed by atoms with van der Waals surface area (Å²) in [5.41, 5.74) is 3.69. The van der Waals surface area contributed by atoms with Gasteiger partial charge in [0.2, 0.25) is 0 Å². The molecule has 0 radical (unpaired) electrons. The Morgan fingerprint density at radius 2 is 0.836 bits per heavy atom. The van der Waals surface area contributed by atoms with E-state index in [0.717, 1.165) is 89.7 Å². The number of hydrogen-bond donors (Lipinski definition) is 2. The van der Waals surface area contributed by atoms with Gasteiger partial charge in [-0.3, -0.25) is 20.2 Å². The maximum Gasteiger partial charge on any atom is 0.297 e. The number of nitrogens with one attached hydrogen (secondary N) is 2. The topological polar surface area (TPSA) is 161 Å². The van der Waals surface area contributed by atoms with Gasteiger partial charge < -0.3 is 70.3 Å². The average Bonchev–Trinajstić information content (AvgIpc) is 4.10. The quantitative estimate of drug-likeness (QED) is 0.0594. The van der Waals surface area contributed by atoms with Gasteiger partial charge >= 0.3 is 0 Å². The highest BCUT2D eigenvalue weighted by atomic mass is 128. The van der Waals surface area contributed by atoms with E-state index in [1.165, 1.54) is 0 Å². The molecule has 2 aromatic carbocycles. The Labute approximate surface area is 722 Å². The van der Waals surface area contributed by atoms with Crippen LogP contribution in [0.3, 0.4) is 0 Å². The van der Waals surface area contributed by atoms with Gasteiger partial charge in [0.1, 0.15) is 11.4 Å². The van der Waals surface area contributed by atoms with Crippen molar-refractivity contribution < 1.29 is 40.1 Å². The van der Waals surface area contributed by atoms with E-state index < -0.39 is 0 Å². The van der Waals surface area contributed by atoms with Gasteiger partial charge in [-0.15, -0.1) is 24.0 Å². The van der Waals surface area contributed by atoms with Gasteiger partial charge in [0.25, 0.3) is 11.4 Å². The molecule has 0 spiro atoms. The largest absolute Gasteiger partial charge is 1.00 e. The molecule has 0 atom stereocenters. The van der Waals surface area contributed by atoms with Crippen molar-refractivity contribution in [1.29, 1.82) is 0 Å². The lowest BCUT2D eigenvalue weighted by atomic mass is 10.1. The van der Waals surface area contributed by atoms with Crippen molar-refractivity contribution >= 4 is 468 Å². The zero-order valence-electron chi connectivity index (χ0n) is 38.4. The molecular formula is C33H53Cl2I23N10O5-2. The molecule has 442 valence electrons. The first kappa shape index (κ1) is 113. The van der Waals surface area contributed by atoms with Crippen LogP contribution < -0.4 is 45.2 Å². The highest BCUT2D eigenvalue weighted by molar-refractivity contribution is 15.0. The lowest BCUT2D eigenvalue weighted by Gasteiger charge is -2.25. The van der Waals surface area contributed by atoms with Crippen molar-refractivity contribution in [3.05, 3.63) is 80.9 Å². The number of halogens is 25. The van der Waals surface area contributed by atoms with Crippen molar-refractivity contribution in [2.45, 2.75) is 32.6 Å². The highest BCUT2D eigenvalue weighted by Crippen LogP contribution is 2.35. The zero-order chi connectivity index (χ0) is 55.9. The second kappa shape index (κ2) is 90.9. The van der Waals surface area contributed by atoms with E-state index in [1.807, 2.05) is 33.2 Å². The lowest BCUT2D eigenvalue weighted by molar-refractivity contribution is -0.384. The van der Waals surface area contributed by atoms with Crippen LogP contribution in [0, 0.1) is 27.2 Å². The van der Waals surface area contributed by atoms with E-state index >= 15 is 0 Å². The van der Waals surface area contributed by atoms with Gasteiger partial charge in [0.05, 0.1) is 28.7 Å². The summed E-state index contributed by atoms with van der Waals surface area (Å²) in [5, 5.41) is 28.8. The molecule has 0 bridgehead atoms. The van der Waals surface area contributed by atoms with Crippen LogP contribution in [0.15, 0.2) is 55.1 Å². The number of rotatable bonds is 19. The number of hydrogen-bond acceptors (Lipinski definition) is 12. The molecule has 2 heterocycles. The fourth-order valence-corrected chi connectivity index (χ4v) is 6.17. The van der Waals surface area contributed by atoms with Crippen LogP contribution in [-0.2, 0) is 0 Å². The van der Waals surface area contributed by atoms with E-state index in [9.17, 15) is 20.2 Å². The summed E-state index contributed by atoms with van der Waals surface area (Å²) < 4.78 is 0. The van der Waals surface area contributed by atoms with Crippen LogP contribution >= 0.6 is 434 Å². The first-order chi connectivity index (χ1) is 33.6. The zero-order valence-corrected chi connectivity index (χ0v) is 89.7. The van der Waals surface area contributed by atoms with Crippen LogP contribution in [0.1, 0.15) is 31.2 Å². The molecule has 2 aromatic rings. The Morgan fingerprint density at radius 3 is 1.15 bits per heavy atom. The van der Waals surface area contributed by atoms with E-state index in [0.29, 0.717) is 16.9 Å². The van der Waals surface area contributed by atoms with E-state index in [4.69, 9.17) is 0 Å². The predicted molar refractivity (Wildman–Crippen MR) is 517 cm³/mol.